The monoisotopic (exact) mass is 242 g/mol. The summed E-state index contributed by atoms with van der Waals surface area (Å²) in [5.74, 6) is 0. The Kier molecular flexibility index (Phi) is 4.46. The van der Waals surface area contributed by atoms with Crippen molar-refractivity contribution < 1.29 is 5.11 Å². The van der Waals surface area contributed by atoms with Gasteiger partial charge in [-0.15, -0.1) is 0 Å². The molecule has 0 aliphatic heterocycles. The molecule has 1 N–H and O–H groups in total. The first-order chi connectivity index (χ1) is 6.26. The summed E-state index contributed by atoms with van der Waals surface area (Å²) in [4.78, 5) is 0. The number of benzene rings is 1. The molecule has 72 valence electrons. The van der Waals surface area contributed by atoms with Gasteiger partial charge in [0.15, 0.2) is 0 Å². The van der Waals surface area contributed by atoms with Crippen LogP contribution in [-0.2, 0) is 13.0 Å². The van der Waals surface area contributed by atoms with Gasteiger partial charge < -0.3 is 5.11 Å². The van der Waals surface area contributed by atoms with Crippen LogP contribution in [0.2, 0.25) is 0 Å². The Morgan fingerprint density at radius 2 is 1.92 bits per heavy atom. The van der Waals surface area contributed by atoms with Crippen LogP contribution in [0.3, 0.4) is 0 Å². The molecular formula is C11H15BrO. The Balaban J connectivity index is 2.76. The van der Waals surface area contributed by atoms with Crippen LogP contribution in [0.4, 0.5) is 0 Å². The van der Waals surface area contributed by atoms with Crippen LogP contribution in [0.5, 0.6) is 0 Å². The lowest BCUT2D eigenvalue weighted by Crippen LogP contribution is -1.89. The first-order valence-corrected chi connectivity index (χ1v) is 5.44. The molecule has 0 aliphatic rings. The number of halogens is 1. The van der Waals surface area contributed by atoms with Gasteiger partial charge in [0, 0.05) is 4.47 Å². The van der Waals surface area contributed by atoms with Crippen molar-refractivity contribution >= 4 is 15.9 Å². The summed E-state index contributed by atoms with van der Waals surface area (Å²) in [5, 5.41) is 8.99. The van der Waals surface area contributed by atoms with Gasteiger partial charge in [0.1, 0.15) is 0 Å². The van der Waals surface area contributed by atoms with Gasteiger partial charge in [-0.25, -0.2) is 0 Å². The van der Waals surface area contributed by atoms with Gasteiger partial charge >= 0.3 is 0 Å². The van der Waals surface area contributed by atoms with Crippen molar-refractivity contribution in [2.75, 3.05) is 0 Å². The summed E-state index contributed by atoms with van der Waals surface area (Å²) in [7, 11) is 0. The molecule has 0 unspecified atom stereocenters. The summed E-state index contributed by atoms with van der Waals surface area (Å²) in [6.45, 7) is 2.31. The second-order valence-electron chi connectivity index (χ2n) is 3.23. The van der Waals surface area contributed by atoms with E-state index in [1.54, 1.807) is 0 Å². The maximum absolute atomic E-state index is 8.99. The summed E-state index contributed by atoms with van der Waals surface area (Å²) in [6, 6.07) is 6.14. The largest absolute Gasteiger partial charge is 0.392 e. The standard InChI is InChI=1S/C11H15BrO/c1-2-3-4-9-5-10(8-13)7-11(12)6-9/h5-7,13H,2-4,8H2,1H3. The molecule has 0 aliphatic carbocycles. The zero-order valence-corrected chi connectivity index (χ0v) is 9.47. The second kappa shape index (κ2) is 5.40. The predicted octanol–water partition coefficient (Wildman–Crippen LogP) is 3.28. The van der Waals surface area contributed by atoms with Gasteiger partial charge in [-0.2, -0.15) is 0 Å². The smallest absolute Gasteiger partial charge is 0.0682 e. The molecular weight excluding hydrogens is 228 g/mol. The first kappa shape index (κ1) is 10.7. The Morgan fingerprint density at radius 1 is 1.23 bits per heavy atom. The summed E-state index contributed by atoms with van der Waals surface area (Å²) >= 11 is 3.43. The highest BCUT2D eigenvalue weighted by Crippen LogP contribution is 2.17. The Hall–Kier alpha value is -0.340. The average molecular weight is 243 g/mol. The van der Waals surface area contributed by atoms with Crippen LogP contribution in [-0.4, -0.2) is 5.11 Å². The number of aryl methyl sites for hydroxylation is 1. The zero-order valence-electron chi connectivity index (χ0n) is 7.89. The Morgan fingerprint density at radius 3 is 2.54 bits per heavy atom. The van der Waals surface area contributed by atoms with Gasteiger partial charge in [0.05, 0.1) is 6.61 Å². The number of rotatable bonds is 4. The van der Waals surface area contributed by atoms with Crippen LogP contribution in [0.25, 0.3) is 0 Å². The van der Waals surface area contributed by atoms with Crippen molar-refractivity contribution in [2.45, 2.75) is 32.8 Å². The van der Waals surface area contributed by atoms with E-state index >= 15 is 0 Å². The van der Waals surface area contributed by atoms with E-state index in [1.807, 2.05) is 6.07 Å². The third kappa shape index (κ3) is 3.49. The van der Waals surface area contributed by atoms with E-state index in [-0.39, 0.29) is 6.61 Å². The molecule has 0 radical (unpaired) electrons. The maximum Gasteiger partial charge on any atom is 0.0682 e. The normalized spacial score (nSPS) is 10.4. The predicted molar refractivity (Wildman–Crippen MR) is 58.7 cm³/mol. The van der Waals surface area contributed by atoms with Crippen molar-refractivity contribution in [1.29, 1.82) is 0 Å². The van der Waals surface area contributed by atoms with E-state index in [0.717, 1.165) is 16.5 Å². The first-order valence-electron chi connectivity index (χ1n) is 4.65. The summed E-state index contributed by atoms with van der Waals surface area (Å²) in [5.41, 5.74) is 2.29. The van der Waals surface area contributed by atoms with Crippen molar-refractivity contribution in [2.24, 2.45) is 0 Å². The van der Waals surface area contributed by atoms with E-state index in [1.165, 1.54) is 18.4 Å². The molecule has 0 heterocycles. The lowest BCUT2D eigenvalue weighted by atomic mass is 10.1. The van der Waals surface area contributed by atoms with Gasteiger partial charge in [-0.05, 0) is 36.1 Å². The van der Waals surface area contributed by atoms with Crippen LogP contribution in [0, 0.1) is 0 Å². The third-order valence-corrected chi connectivity index (χ3v) is 2.48. The number of unbranched alkanes of at least 4 members (excludes halogenated alkanes) is 1. The minimum absolute atomic E-state index is 0.124. The van der Waals surface area contributed by atoms with Crippen LogP contribution in [0.1, 0.15) is 30.9 Å². The number of hydrogen-bond donors (Lipinski definition) is 1. The highest BCUT2D eigenvalue weighted by atomic mass is 79.9. The highest BCUT2D eigenvalue weighted by molar-refractivity contribution is 9.10. The molecule has 13 heavy (non-hydrogen) atoms. The molecule has 1 rings (SSSR count). The molecule has 0 spiro atoms. The quantitative estimate of drug-likeness (QED) is 0.860. The fourth-order valence-electron chi connectivity index (χ4n) is 1.33. The van der Waals surface area contributed by atoms with Crippen molar-refractivity contribution in [3.05, 3.63) is 33.8 Å². The minimum Gasteiger partial charge on any atom is -0.392 e. The van der Waals surface area contributed by atoms with Gasteiger partial charge in [0.25, 0.3) is 0 Å². The van der Waals surface area contributed by atoms with Crippen molar-refractivity contribution in [3.8, 4) is 0 Å². The molecule has 0 amide bonds. The molecule has 0 fully saturated rings. The van der Waals surface area contributed by atoms with Gasteiger partial charge in [0.2, 0.25) is 0 Å². The Bertz CT molecular complexity index is 271. The molecule has 0 saturated heterocycles. The molecule has 1 nitrogen and oxygen atoms in total. The van der Waals surface area contributed by atoms with E-state index in [4.69, 9.17) is 5.11 Å². The highest BCUT2D eigenvalue weighted by Gasteiger charge is 1.98. The van der Waals surface area contributed by atoms with Gasteiger partial charge in [-0.3, -0.25) is 0 Å². The average Bonchev–Trinajstić information content (AvgIpc) is 2.14. The van der Waals surface area contributed by atoms with Gasteiger partial charge in [-0.1, -0.05) is 35.3 Å². The van der Waals surface area contributed by atoms with Crippen LogP contribution in [0.15, 0.2) is 22.7 Å². The fourth-order valence-corrected chi connectivity index (χ4v) is 1.92. The molecule has 2 heteroatoms. The summed E-state index contributed by atoms with van der Waals surface area (Å²) < 4.78 is 1.06. The Labute approximate surface area is 87.9 Å². The maximum atomic E-state index is 8.99. The topological polar surface area (TPSA) is 20.2 Å². The SMILES string of the molecule is CCCCc1cc(Br)cc(CO)c1. The molecule has 0 bridgehead atoms. The van der Waals surface area contributed by atoms with E-state index in [0.29, 0.717) is 0 Å². The molecule has 1 aromatic carbocycles. The number of aliphatic hydroxyl groups is 1. The second-order valence-corrected chi connectivity index (χ2v) is 4.15. The van der Waals surface area contributed by atoms with Crippen molar-refractivity contribution in [3.63, 3.8) is 0 Å². The molecule has 0 saturated carbocycles. The van der Waals surface area contributed by atoms with Crippen molar-refractivity contribution in [1.82, 2.24) is 0 Å². The molecule has 0 atom stereocenters. The molecule has 0 aromatic heterocycles. The van der Waals surface area contributed by atoms with E-state index < -0.39 is 0 Å². The lowest BCUT2D eigenvalue weighted by Gasteiger charge is -2.04. The number of aliphatic hydroxyl groups excluding tert-OH is 1. The third-order valence-electron chi connectivity index (χ3n) is 2.02. The minimum atomic E-state index is 0.124. The lowest BCUT2D eigenvalue weighted by molar-refractivity contribution is 0.281. The zero-order chi connectivity index (χ0) is 9.68. The summed E-state index contributed by atoms with van der Waals surface area (Å²) in [6.07, 6.45) is 3.52. The number of hydrogen-bond acceptors (Lipinski definition) is 1. The molecule has 1 aromatic rings. The fraction of sp³-hybridized carbons (Fsp3) is 0.455. The van der Waals surface area contributed by atoms with E-state index in [2.05, 4.69) is 35.0 Å². The van der Waals surface area contributed by atoms with E-state index in [9.17, 15) is 0 Å². The van der Waals surface area contributed by atoms with Crippen LogP contribution >= 0.6 is 15.9 Å². The van der Waals surface area contributed by atoms with Crippen LogP contribution < -0.4 is 0 Å².